The predicted octanol–water partition coefficient (Wildman–Crippen LogP) is 5.39. The first-order valence-corrected chi connectivity index (χ1v) is 13.6. The number of anilines is 1. The van der Waals surface area contributed by atoms with E-state index >= 15 is 0 Å². The minimum atomic E-state index is -0.511. The molecule has 2 aliphatic rings. The summed E-state index contributed by atoms with van der Waals surface area (Å²) < 4.78 is 25.5. The van der Waals surface area contributed by atoms with E-state index in [9.17, 15) is 9.65 Å². The Kier molecular flexibility index (Phi) is 9.71. The van der Waals surface area contributed by atoms with Gasteiger partial charge in [0.25, 0.3) is 0 Å². The lowest BCUT2D eigenvalue weighted by Gasteiger charge is -2.31. The third-order valence-electron chi connectivity index (χ3n) is 7.65. The summed E-state index contributed by atoms with van der Waals surface area (Å²) in [6.45, 7) is 4.43. The van der Waals surface area contributed by atoms with Crippen LogP contribution in [0, 0.1) is 28.5 Å². The molecule has 3 heterocycles. The maximum Gasteiger partial charge on any atom is 0.152 e. The van der Waals surface area contributed by atoms with Crippen molar-refractivity contribution in [2.24, 2.45) is 11.3 Å². The van der Waals surface area contributed by atoms with Crippen molar-refractivity contribution in [1.29, 1.82) is 5.26 Å². The van der Waals surface area contributed by atoms with Gasteiger partial charge < -0.3 is 20.1 Å². The minimum absolute atomic E-state index is 0.295. The number of nitrogens with zero attached hydrogens (tertiary/aromatic N) is 3. The van der Waals surface area contributed by atoms with E-state index in [4.69, 9.17) is 21.1 Å². The molecule has 2 N–H and O–H groups in total. The van der Waals surface area contributed by atoms with Gasteiger partial charge in [0.1, 0.15) is 5.82 Å². The highest BCUT2D eigenvalue weighted by Gasteiger charge is 2.32. The Labute approximate surface area is 224 Å². The van der Waals surface area contributed by atoms with Gasteiger partial charge >= 0.3 is 0 Å². The van der Waals surface area contributed by atoms with Crippen molar-refractivity contribution in [3.8, 4) is 17.2 Å². The molecule has 0 aromatic carbocycles. The van der Waals surface area contributed by atoms with E-state index in [1.165, 1.54) is 6.20 Å². The second-order valence-corrected chi connectivity index (χ2v) is 10.9. The van der Waals surface area contributed by atoms with Gasteiger partial charge in [0.15, 0.2) is 5.15 Å². The van der Waals surface area contributed by atoms with Gasteiger partial charge in [-0.2, -0.15) is 5.26 Å². The van der Waals surface area contributed by atoms with E-state index in [-0.39, 0.29) is 0 Å². The molecule has 200 valence electrons. The van der Waals surface area contributed by atoms with E-state index < -0.39 is 11.2 Å². The lowest BCUT2D eigenvalue weighted by atomic mass is 9.81. The maximum absolute atomic E-state index is 14.9. The van der Waals surface area contributed by atoms with Crippen molar-refractivity contribution < 1.29 is 13.9 Å². The van der Waals surface area contributed by atoms with Crippen LogP contribution in [-0.4, -0.2) is 55.5 Å². The molecule has 2 aromatic heterocycles. The largest absolute Gasteiger partial charge is 0.383 e. The van der Waals surface area contributed by atoms with E-state index in [0.29, 0.717) is 79.2 Å². The van der Waals surface area contributed by atoms with Crippen molar-refractivity contribution in [2.45, 2.75) is 64.0 Å². The highest BCUT2D eigenvalue weighted by molar-refractivity contribution is 6.32. The lowest BCUT2D eigenvalue weighted by Crippen LogP contribution is -2.41. The summed E-state index contributed by atoms with van der Waals surface area (Å²) in [7, 11) is 1.73. The molecule has 2 aromatic rings. The third kappa shape index (κ3) is 7.38. The van der Waals surface area contributed by atoms with Gasteiger partial charge in [-0.15, -0.1) is 0 Å². The number of rotatable bonds is 10. The molecule has 0 bridgehead atoms. The Morgan fingerprint density at radius 3 is 2.68 bits per heavy atom. The molecular formula is C28H37ClFN5O2. The van der Waals surface area contributed by atoms with Crippen molar-refractivity contribution in [2.75, 3.05) is 38.8 Å². The molecule has 7 nitrogen and oxygen atoms in total. The molecule has 2 fully saturated rings. The average molecular weight is 530 g/mol. The number of hydrogen-bond acceptors (Lipinski definition) is 7. The zero-order valence-corrected chi connectivity index (χ0v) is 22.5. The molecule has 0 radical (unpaired) electrons. The average Bonchev–Trinajstić information content (AvgIpc) is 2.91. The summed E-state index contributed by atoms with van der Waals surface area (Å²) >= 11 is 6.35. The lowest BCUT2D eigenvalue weighted by molar-refractivity contribution is 0.0456. The fourth-order valence-corrected chi connectivity index (χ4v) is 5.59. The maximum atomic E-state index is 14.9. The Morgan fingerprint density at radius 2 is 1.97 bits per heavy atom. The van der Waals surface area contributed by atoms with Crippen LogP contribution < -0.4 is 10.6 Å². The van der Waals surface area contributed by atoms with Crippen LogP contribution in [0.5, 0.6) is 0 Å². The highest BCUT2D eigenvalue weighted by atomic mass is 35.5. The summed E-state index contributed by atoms with van der Waals surface area (Å²) in [6.07, 6.45) is 9.52. The summed E-state index contributed by atoms with van der Waals surface area (Å²) in [5.41, 5.74) is 2.05. The molecule has 1 saturated carbocycles. The second kappa shape index (κ2) is 13.0. The van der Waals surface area contributed by atoms with Crippen LogP contribution in [0.15, 0.2) is 24.5 Å². The third-order valence-corrected chi connectivity index (χ3v) is 7.95. The van der Waals surface area contributed by atoms with Crippen LogP contribution >= 0.6 is 11.6 Å². The van der Waals surface area contributed by atoms with Crippen LogP contribution in [-0.2, 0) is 15.9 Å². The molecule has 0 spiro atoms. The topological polar surface area (TPSA) is 92.1 Å². The molecule has 1 atom stereocenters. The van der Waals surface area contributed by atoms with Crippen LogP contribution in [0.25, 0.3) is 11.1 Å². The number of hydrogen-bond donors (Lipinski definition) is 2. The molecule has 1 aliphatic carbocycles. The van der Waals surface area contributed by atoms with Gasteiger partial charge in [-0.3, -0.25) is 4.98 Å². The second-order valence-electron chi connectivity index (χ2n) is 10.5. The Morgan fingerprint density at radius 1 is 1.22 bits per heavy atom. The van der Waals surface area contributed by atoms with Gasteiger partial charge in [0, 0.05) is 62.0 Å². The number of nitrogens with one attached hydrogen (secondary N) is 2. The summed E-state index contributed by atoms with van der Waals surface area (Å²) in [6, 6.07) is 6.95. The Hall–Kier alpha value is -2.31. The smallest absolute Gasteiger partial charge is 0.152 e. The zero-order chi connectivity index (χ0) is 26.3. The number of methoxy groups -OCH3 is 1. The quantitative estimate of drug-likeness (QED) is 0.398. The Balaban J connectivity index is 1.41. The van der Waals surface area contributed by atoms with Crippen molar-refractivity contribution in [3.63, 3.8) is 0 Å². The van der Waals surface area contributed by atoms with Gasteiger partial charge in [-0.25, -0.2) is 9.37 Å². The molecule has 0 amide bonds. The summed E-state index contributed by atoms with van der Waals surface area (Å²) in [5, 5.41) is 17.0. The van der Waals surface area contributed by atoms with Gasteiger partial charge in [0.05, 0.1) is 30.0 Å². The number of nitriles is 1. The molecule has 0 unspecified atom stereocenters. The first-order chi connectivity index (χ1) is 17.9. The zero-order valence-electron chi connectivity index (χ0n) is 21.7. The van der Waals surface area contributed by atoms with Crippen molar-refractivity contribution in [1.82, 2.24) is 15.3 Å². The standard InChI is InChI=1S/C28H37ClFN5O2/c1-19(16-36-2)35-22-5-3-20(4-6-22)11-23-13-24(25(30)15-32-23)21-12-26(27(29)33-14-21)34-18-28(17-31)7-9-37-10-8-28/h12-15,19-20,22,34-35H,3-11,16,18H2,1-2H3/t19-,20?,22?/m0/s1. The van der Waals surface area contributed by atoms with Gasteiger partial charge in [0.2, 0.25) is 0 Å². The summed E-state index contributed by atoms with van der Waals surface area (Å²) in [5.74, 6) is 0.139. The van der Waals surface area contributed by atoms with E-state index in [2.05, 4.69) is 33.6 Å². The number of pyridine rings is 2. The molecule has 37 heavy (non-hydrogen) atoms. The van der Waals surface area contributed by atoms with Crippen molar-refractivity contribution >= 4 is 17.3 Å². The monoisotopic (exact) mass is 529 g/mol. The molecule has 4 rings (SSSR count). The molecule has 1 aliphatic heterocycles. The number of halogens is 2. The predicted molar refractivity (Wildman–Crippen MR) is 143 cm³/mol. The molecular weight excluding hydrogens is 493 g/mol. The molecule has 9 heteroatoms. The minimum Gasteiger partial charge on any atom is -0.383 e. The van der Waals surface area contributed by atoms with E-state index in [1.807, 2.05) is 6.07 Å². The van der Waals surface area contributed by atoms with Crippen LogP contribution in [0.1, 0.15) is 51.1 Å². The van der Waals surface area contributed by atoms with Crippen LogP contribution in [0.3, 0.4) is 0 Å². The van der Waals surface area contributed by atoms with Crippen LogP contribution in [0.4, 0.5) is 10.1 Å². The summed E-state index contributed by atoms with van der Waals surface area (Å²) in [4.78, 5) is 8.68. The normalized spacial score (nSPS) is 22.2. The fourth-order valence-electron chi connectivity index (χ4n) is 5.42. The number of aromatic nitrogens is 2. The van der Waals surface area contributed by atoms with Gasteiger partial charge in [-0.1, -0.05) is 11.6 Å². The SMILES string of the molecule is COC[C@H](C)NC1CCC(Cc2cc(-c3cnc(Cl)c(NCC4(C#N)CCOCC4)c3)c(F)cn2)CC1. The van der Waals surface area contributed by atoms with E-state index in [1.54, 1.807) is 19.4 Å². The number of ether oxygens (including phenoxy) is 2. The fraction of sp³-hybridized carbons (Fsp3) is 0.607. The van der Waals surface area contributed by atoms with Crippen molar-refractivity contribution in [3.05, 3.63) is 41.2 Å². The van der Waals surface area contributed by atoms with Gasteiger partial charge in [-0.05, 0) is 69.9 Å². The first kappa shape index (κ1) is 27.7. The van der Waals surface area contributed by atoms with Crippen LogP contribution in [0.2, 0.25) is 5.15 Å². The molecule has 1 saturated heterocycles. The first-order valence-electron chi connectivity index (χ1n) is 13.2. The highest BCUT2D eigenvalue weighted by Crippen LogP contribution is 2.34. The van der Waals surface area contributed by atoms with E-state index in [0.717, 1.165) is 37.8 Å². The Bertz CT molecular complexity index is 1080.